The number of methoxy groups -OCH3 is 1. The number of carbonyl (C=O) groups is 3. The van der Waals surface area contributed by atoms with Crippen LogP contribution in [0.3, 0.4) is 0 Å². The Labute approximate surface area is 232 Å². The van der Waals surface area contributed by atoms with Crippen LogP contribution in [-0.4, -0.2) is 54.2 Å². The van der Waals surface area contributed by atoms with Crippen molar-refractivity contribution in [2.75, 3.05) is 37.1 Å². The molecule has 4 rings (SSSR count). The van der Waals surface area contributed by atoms with Crippen molar-refractivity contribution in [3.63, 3.8) is 0 Å². The Kier molecular flexibility index (Phi) is 9.74. The fraction of sp³-hybridized carbons (Fsp3) is 0.462. The Balaban J connectivity index is 1.41. The highest BCUT2D eigenvalue weighted by Crippen LogP contribution is 2.40. The zero-order valence-corrected chi connectivity index (χ0v) is 24.0. The van der Waals surface area contributed by atoms with E-state index in [0.717, 1.165) is 47.0 Å². The number of thiophene rings is 1. The van der Waals surface area contributed by atoms with Crippen LogP contribution in [0.4, 0.5) is 9.39 Å². The second-order valence-electron chi connectivity index (χ2n) is 8.96. The number of ether oxygens (including phenoxy) is 2. The molecule has 2 amide bonds. The van der Waals surface area contributed by atoms with Crippen LogP contribution < -0.4 is 10.1 Å². The SMILES string of the molecule is CCOC(=O)c1c(NC(=O)CSCC(=O)N=c2sc3cc(F)ccc3n2CCOC)sc2c1CCC(C)C2. The second kappa shape index (κ2) is 13.0. The summed E-state index contributed by atoms with van der Waals surface area (Å²) in [5.41, 5.74) is 2.22. The van der Waals surface area contributed by atoms with Crippen LogP contribution in [-0.2, 0) is 38.4 Å². The normalized spacial score (nSPS) is 15.5. The molecule has 1 atom stereocenters. The Morgan fingerprint density at radius 3 is 2.84 bits per heavy atom. The minimum Gasteiger partial charge on any atom is -0.462 e. The molecule has 8 nitrogen and oxygen atoms in total. The van der Waals surface area contributed by atoms with E-state index in [2.05, 4.69) is 17.2 Å². The number of benzene rings is 1. The standard InChI is InChI=1S/C26H30FN3O5S3/c1-4-35-25(33)23-17-7-5-15(2)11-19(17)37-24(23)28-21(31)13-36-14-22(32)29-26-30(9-10-34-3)18-8-6-16(27)12-20(18)38-26/h6,8,12,15H,4-5,7,9-11,13-14H2,1-3H3,(H,28,31). The van der Waals surface area contributed by atoms with Crippen molar-refractivity contribution in [1.82, 2.24) is 4.57 Å². The third-order valence-corrected chi connectivity index (χ3v) is 9.22. The summed E-state index contributed by atoms with van der Waals surface area (Å²) >= 11 is 3.81. The summed E-state index contributed by atoms with van der Waals surface area (Å²) in [5, 5.41) is 3.38. The van der Waals surface area contributed by atoms with Crippen molar-refractivity contribution in [2.45, 2.75) is 39.7 Å². The average Bonchev–Trinajstić information content (AvgIpc) is 3.38. The van der Waals surface area contributed by atoms with Gasteiger partial charge in [-0.3, -0.25) is 9.59 Å². The molecule has 1 aromatic carbocycles. The van der Waals surface area contributed by atoms with E-state index in [4.69, 9.17) is 9.47 Å². The molecule has 1 unspecified atom stereocenters. The molecule has 0 radical (unpaired) electrons. The number of hydrogen-bond acceptors (Lipinski definition) is 8. The monoisotopic (exact) mass is 579 g/mol. The van der Waals surface area contributed by atoms with E-state index in [-0.39, 0.29) is 29.8 Å². The lowest BCUT2D eigenvalue weighted by Gasteiger charge is -2.18. The van der Waals surface area contributed by atoms with Crippen LogP contribution in [0.1, 0.15) is 41.1 Å². The van der Waals surface area contributed by atoms with E-state index in [9.17, 15) is 18.8 Å². The number of halogens is 1. The van der Waals surface area contributed by atoms with Crippen LogP contribution in [0.15, 0.2) is 23.2 Å². The number of carbonyl (C=O) groups excluding carboxylic acids is 3. The number of hydrogen-bond donors (Lipinski definition) is 1. The van der Waals surface area contributed by atoms with E-state index in [0.29, 0.717) is 39.1 Å². The lowest BCUT2D eigenvalue weighted by atomic mass is 9.88. The zero-order chi connectivity index (χ0) is 27.2. The summed E-state index contributed by atoms with van der Waals surface area (Å²) in [4.78, 5) is 43.8. The maximum absolute atomic E-state index is 13.7. The number of anilines is 1. The molecule has 0 saturated carbocycles. The highest BCUT2D eigenvalue weighted by atomic mass is 32.2. The first-order chi connectivity index (χ1) is 18.3. The molecule has 12 heteroatoms. The van der Waals surface area contributed by atoms with Crippen LogP contribution in [0.25, 0.3) is 10.2 Å². The first kappa shape index (κ1) is 28.5. The van der Waals surface area contributed by atoms with Gasteiger partial charge in [0.25, 0.3) is 5.91 Å². The molecule has 3 aromatic rings. The van der Waals surface area contributed by atoms with Gasteiger partial charge in [0.15, 0.2) is 4.80 Å². The van der Waals surface area contributed by atoms with Crippen LogP contribution in [0, 0.1) is 11.7 Å². The number of nitrogens with zero attached hydrogens (tertiary/aromatic N) is 2. The van der Waals surface area contributed by atoms with Crippen molar-refractivity contribution in [1.29, 1.82) is 0 Å². The number of thioether (sulfide) groups is 1. The molecule has 204 valence electrons. The van der Waals surface area contributed by atoms with E-state index in [1.165, 1.54) is 34.8 Å². The average molecular weight is 580 g/mol. The van der Waals surface area contributed by atoms with Crippen molar-refractivity contribution in [3.05, 3.63) is 44.8 Å². The van der Waals surface area contributed by atoms with Gasteiger partial charge in [0, 0.05) is 18.5 Å². The fourth-order valence-electron chi connectivity index (χ4n) is 4.32. The molecule has 0 saturated heterocycles. The lowest BCUT2D eigenvalue weighted by molar-refractivity contribution is -0.115. The molecule has 1 aliphatic rings. The van der Waals surface area contributed by atoms with E-state index in [1.54, 1.807) is 20.1 Å². The maximum Gasteiger partial charge on any atom is 0.341 e. The predicted octanol–water partition coefficient (Wildman–Crippen LogP) is 4.65. The molecular weight excluding hydrogens is 550 g/mol. The lowest BCUT2D eigenvalue weighted by Crippen LogP contribution is -2.20. The van der Waals surface area contributed by atoms with Crippen molar-refractivity contribution >= 4 is 67.4 Å². The zero-order valence-electron chi connectivity index (χ0n) is 21.5. The van der Waals surface area contributed by atoms with Crippen molar-refractivity contribution < 1.29 is 28.2 Å². The number of rotatable bonds is 10. The molecule has 2 aromatic heterocycles. The molecule has 0 bridgehead atoms. The molecule has 0 aliphatic heterocycles. The number of nitrogens with one attached hydrogen (secondary N) is 1. The number of amides is 2. The third kappa shape index (κ3) is 6.71. The van der Waals surface area contributed by atoms with Gasteiger partial charge in [0.1, 0.15) is 10.8 Å². The topological polar surface area (TPSA) is 99.0 Å². The van der Waals surface area contributed by atoms with E-state index < -0.39 is 11.9 Å². The van der Waals surface area contributed by atoms with Crippen LogP contribution in [0.5, 0.6) is 0 Å². The number of esters is 1. The minimum atomic E-state index is -0.415. The number of fused-ring (bicyclic) bond motifs is 2. The summed E-state index contributed by atoms with van der Waals surface area (Å²) in [6.45, 7) is 5.08. The van der Waals surface area contributed by atoms with Gasteiger partial charge in [0.2, 0.25) is 5.91 Å². The fourth-order valence-corrected chi connectivity index (χ4v) is 7.43. The highest BCUT2D eigenvalue weighted by molar-refractivity contribution is 8.00. The van der Waals surface area contributed by atoms with Crippen LogP contribution >= 0.6 is 34.4 Å². The van der Waals surface area contributed by atoms with E-state index in [1.807, 2.05) is 4.57 Å². The van der Waals surface area contributed by atoms with Gasteiger partial charge >= 0.3 is 5.97 Å². The van der Waals surface area contributed by atoms with Gasteiger partial charge in [-0.25, -0.2) is 9.18 Å². The first-order valence-electron chi connectivity index (χ1n) is 12.3. The Bertz CT molecular complexity index is 1410. The Morgan fingerprint density at radius 1 is 1.26 bits per heavy atom. The third-order valence-electron chi connectivity index (χ3n) is 6.09. The van der Waals surface area contributed by atoms with Gasteiger partial charge in [-0.05, 0) is 55.9 Å². The van der Waals surface area contributed by atoms with E-state index >= 15 is 0 Å². The molecule has 0 fully saturated rings. The van der Waals surface area contributed by atoms with Gasteiger partial charge in [-0.15, -0.1) is 23.1 Å². The molecule has 1 aliphatic carbocycles. The Morgan fingerprint density at radius 2 is 2.08 bits per heavy atom. The predicted molar refractivity (Wildman–Crippen MR) is 150 cm³/mol. The highest BCUT2D eigenvalue weighted by Gasteiger charge is 2.29. The van der Waals surface area contributed by atoms with Gasteiger partial charge in [-0.2, -0.15) is 4.99 Å². The van der Waals surface area contributed by atoms with Gasteiger partial charge < -0.3 is 19.4 Å². The van der Waals surface area contributed by atoms with Gasteiger partial charge in [-0.1, -0.05) is 18.3 Å². The van der Waals surface area contributed by atoms with Gasteiger partial charge in [0.05, 0.1) is 40.5 Å². The molecular formula is C26H30FN3O5S3. The summed E-state index contributed by atoms with van der Waals surface area (Å²) < 4.78 is 26.6. The summed E-state index contributed by atoms with van der Waals surface area (Å²) in [6.07, 6.45) is 2.66. The molecule has 1 N–H and O–H groups in total. The molecule has 2 heterocycles. The maximum atomic E-state index is 13.7. The summed E-state index contributed by atoms with van der Waals surface area (Å²) in [6, 6.07) is 4.45. The summed E-state index contributed by atoms with van der Waals surface area (Å²) in [5.74, 6) is -0.905. The van der Waals surface area contributed by atoms with Crippen LogP contribution in [0.2, 0.25) is 0 Å². The van der Waals surface area contributed by atoms with Crippen molar-refractivity contribution in [3.8, 4) is 0 Å². The largest absolute Gasteiger partial charge is 0.462 e. The second-order valence-corrected chi connectivity index (χ2v) is 12.1. The Hall–Kier alpha value is -2.54. The smallest absolute Gasteiger partial charge is 0.341 e. The quantitative estimate of drug-likeness (QED) is 0.351. The van der Waals surface area contributed by atoms with Crippen molar-refractivity contribution in [2.24, 2.45) is 10.9 Å². The number of thiazole rings is 1. The minimum absolute atomic E-state index is 0.00347. The summed E-state index contributed by atoms with van der Waals surface area (Å²) in [7, 11) is 1.58. The number of aromatic nitrogens is 1. The molecule has 0 spiro atoms. The molecule has 38 heavy (non-hydrogen) atoms. The first-order valence-corrected chi connectivity index (χ1v) is 15.1.